The van der Waals surface area contributed by atoms with Gasteiger partial charge in [-0.25, -0.2) is 4.39 Å². The average Bonchev–Trinajstić information content (AvgIpc) is 2.23. The Bertz CT molecular complexity index is 373. The maximum atomic E-state index is 13.1. The van der Waals surface area contributed by atoms with Gasteiger partial charge in [0.2, 0.25) is 0 Å². The molecule has 0 aliphatic rings. The molecule has 96 valence electrons. The van der Waals surface area contributed by atoms with Gasteiger partial charge in [-0.2, -0.15) is 0 Å². The van der Waals surface area contributed by atoms with Crippen LogP contribution in [0.15, 0.2) is 18.2 Å². The van der Waals surface area contributed by atoms with E-state index in [4.69, 9.17) is 9.47 Å². The van der Waals surface area contributed by atoms with Crippen molar-refractivity contribution in [3.05, 3.63) is 24.0 Å². The Kier molecular flexibility index (Phi) is 8.74. The molecule has 0 bridgehead atoms. The first-order valence-corrected chi connectivity index (χ1v) is 5.06. The summed E-state index contributed by atoms with van der Waals surface area (Å²) in [6, 6.07) is 2.55. The SMILES string of the molecule is COCCCOc1ccc([B-](F)(F)F)c(F)c1.[K+]. The summed E-state index contributed by atoms with van der Waals surface area (Å²) in [5.74, 6) is -1.22. The van der Waals surface area contributed by atoms with Crippen molar-refractivity contribution in [2.45, 2.75) is 6.42 Å². The van der Waals surface area contributed by atoms with Gasteiger partial charge in [-0.05, 0) is 6.07 Å². The fourth-order valence-corrected chi connectivity index (χ4v) is 1.26. The zero-order valence-electron chi connectivity index (χ0n) is 10.3. The third-order valence-electron chi connectivity index (χ3n) is 2.09. The van der Waals surface area contributed by atoms with Crippen molar-refractivity contribution >= 4 is 12.4 Å². The third kappa shape index (κ3) is 6.03. The van der Waals surface area contributed by atoms with Gasteiger partial charge in [0, 0.05) is 26.2 Å². The maximum absolute atomic E-state index is 13.1. The molecule has 0 atom stereocenters. The van der Waals surface area contributed by atoms with E-state index in [1.165, 1.54) is 7.11 Å². The summed E-state index contributed by atoms with van der Waals surface area (Å²) in [6.07, 6.45) is 0.586. The van der Waals surface area contributed by atoms with Crippen LogP contribution in [0.1, 0.15) is 6.42 Å². The second-order valence-corrected chi connectivity index (χ2v) is 3.45. The van der Waals surface area contributed by atoms with Crippen molar-refractivity contribution in [1.82, 2.24) is 0 Å². The Balaban J connectivity index is 0.00000289. The van der Waals surface area contributed by atoms with Gasteiger partial charge in [0.05, 0.1) is 12.4 Å². The Morgan fingerprint density at radius 3 is 2.33 bits per heavy atom. The van der Waals surface area contributed by atoms with Crippen LogP contribution in [0.2, 0.25) is 0 Å². The van der Waals surface area contributed by atoms with Gasteiger partial charge in [0.15, 0.2) is 0 Å². The normalized spacial score (nSPS) is 10.9. The molecule has 0 unspecified atom stereocenters. The molecule has 0 N–H and O–H groups in total. The minimum atomic E-state index is -5.32. The van der Waals surface area contributed by atoms with Gasteiger partial charge in [0.1, 0.15) is 5.75 Å². The summed E-state index contributed by atoms with van der Waals surface area (Å²) in [5, 5.41) is 0. The second kappa shape index (κ2) is 8.55. The molecule has 0 aliphatic carbocycles. The molecule has 1 aromatic rings. The van der Waals surface area contributed by atoms with E-state index in [0.29, 0.717) is 19.1 Å². The van der Waals surface area contributed by atoms with Crippen molar-refractivity contribution in [1.29, 1.82) is 0 Å². The molecule has 1 rings (SSSR count). The van der Waals surface area contributed by atoms with Gasteiger partial charge < -0.3 is 22.4 Å². The molecule has 1 aromatic carbocycles. The Morgan fingerprint density at radius 2 is 1.83 bits per heavy atom. The van der Waals surface area contributed by atoms with Gasteiger partial charge in [-0.3, -0.25) is 0 Å². The monoisotopic (exact) mass is 290 g/mol. The summed E-state index contributed by atoms with van der Waals surface area (Å²) in [7, 11) is 1.53. The van der Waals surface area contributed by atoms with E-state index in [1.807, 2.05) is 0 Å². The summed E-state index contributed by atoms with van der Waals surface area (Å²) >= 11 is 0. The first-order chi connectivity index (χ1) is 7.95. The second-order valence-electron chi connectivity index (χ2n) is 3.45. The third-order valence-corrected chi connectivity index (χ3v) is 2.09. The molecule has 0 fully saturated rings. The van der Waals surface area contributed by atoms with E-state index >= 15 is 0 Å². The van der Waals surface area contributed by atoms with Crippen molar-refractivity contribution in [2.24, 2.45) is 0 Å². The first kappa shape index (κ1) is 18.4. The summed E-state index contributed by atoms with van der Waals surface area (Å²) in [5.41, 5.74) is -1.23. The number of halogens is 4. The quantitative estimate of drug-likeness (QED) is 0.392. The van der Waals surface area contributed by atoms with Crippen LogP contribution in [-0.4, -0.2) is 27.3 Å². The van der Waals surface area contributed by atoms with Gasteiger partial charge in [0.25, 0.3) is 0 Å². The van der Waals surface area contributed by atoms with Crippen LogP contribution in [0.25, 0.3) is 0 Å². The molecule has 8 heteroatoms. The van der Waals surface area contributed by atoms with Crippen molar-refractivity contribution in [3.8, 4) is 5.75 Å². The van der Waals surface area contributed by atoms with Crippen molar-refractivity contribution < 1.29 is 78.2 Å². The maximum Gasteiger partial charge on any atom is 1.00 e. The molecule has 0 heterocycles. The van der Waals surface area contributed by atoms with Crippen LogP contribution in [0.4, 0.5) is 17.3 Å². The van der Waals surface area contributed by atoms with E-state index in [0.717, 1.165) is 12.1 Å². The van der Waals surface area contributed by atoms with Gasteiger partial charge in [-0.15, -0.1) is 0 Å². The zero-order chi connectivity index (χ0) is 12.9. The van der Waals surface area contributed by atoms with E-state index in [-0.39, 0.29) is 63.7 Å². The van der Waals surface area contributed by atoms with Crippen molar-refractivity contribution in [2.75, 3.05) is 20.3 Å². The van der Waals surface area contributed by atoms with Crippen molar-refractivity contribution in [3.63, 3.8) is 0 Å². The number of rotatable bonds is 6. The van der Waals surface area contributed by atoms with Gasteiger partial charge in [-0.1, -0.05) is 11.5 Å². The Morgan fingerprint density at radius 1 is 1.17 bits per heavy atom. The topological polar surface area (TPSA) is 18.5 Å². The molecule has 0 aliphatic heterocycles. The minimum absolute atomic E-state index is 0. The summed E-state index contributed by atoms with van der Waals surface area (Å²) in [4.78, 5) is 0. The number of benzene rings is 1. The van der Waals surface area contributed by atoms with E-state index in [9.17, 15) is 17.3 Å². The van der Waals surface area contributed by atoms with Crippen LogP contribution in [0, 0.1) is 5.82 Å². The molecule has 0 saturated heterocycles. The van der Waals surface area contributed by atoms with E-state index in [2.05, 4.69) is 0 Å². The van der Waals surface area contributed by atoms with E-state index < -0.39 is 18.3 Å². The molecule has 2 nitrogen and oxygen atoms in total. The van der Waals surface area contributed by atoms with Crippen LogP contribution in [0.3, 0.4) is 0 Å². The largest absolute Gasteiger partial charge is 1.00 e. The smallest absolute Gasteiger partial charge is 0.493 e. The first-order valence-electron chi connectivity index (χ1n) is 5.06. The molecular formula is C10H12BF4KO2. The number of methoxy groups -OCH3 is 1. The number of hydrogen-bond acceptors (Lipinski definition) is 2. The fraction of sp³-hybridized carbons (Fsp3) is 0.400. The minimum Gasteiger partial charge on any atom is -0.493 e. The van der Waals surface area contributed by atoms with Crippen LogP contribution < -0.4 is 61.6 Å². The molecular weight excluding hydrogens is 278 g/mol. The van der Waals surface area contributed by atoms with Gasteiger partial charge >= 0.3 is 58.4 Å². The molecule has 0 saturated carbocycles. The molecule has 0 radical (unpaired) electrons. The number of ether oxygens (including phenoxy) is 2. The zero-order valence-corrected chi connectivity index (χ0v) is 13.4. The standard InChI is InChI=1S/C10H12BF4O2.K/c1-16-5-2-6-17-8-3-4-9(10(12)7-8)11(13,14)15;/h3-4,7H,2,5-6H2,1H3;/q-1;+1. The van der Waals surface area contributed by atoms with Crippen LogP contribution in [0.5, 0.6) is 5.75 Å². The molecule has 0 amide bonds. The summed E-state index contributed by atoms with van der Waals surface area (Å²) in [6.45, 7) is -4.57. The Hall–Kier alpha value is 0.401. The predicted molar refractivity (Wildman–Crippen MR) is 57.1 cm³/mol. The number of hydrogen-bond donors (Lipinski definition) is 0. The predicted octanol–water partition coefficient (Wildman–Crippen LogP) is -0.701. The molecule has 0 spiro atoms. The Labute approximate surface area is 146 Å². The molecule has 18 heavy (non-hydrogen) atoms. The van der Waals surface area contributed by atoms with Crippen LogP contribution in [-0.2, 0) is 4.74 Å². The van der Waals surface area contributed by atoms with E-state index in [1.54, 1.807) is 0 Å². The molecule has 0 aromatic heterocycles. The summed E-state index contributed by atoms with van der Waals surface area (Å²) < 4.78 is 59.8. The fourth-order valence-electron chi connectivity index (χ4n) is 1.26. The van der Waals surface area contributed by atoms with Crippen LogP contribution >= 0.6 is 0 Å². The average molecular weight is 290 g/mol.